The summed E-state index contributed by atoms with van der Waals surface area (Å²) in [5.74, 6) is -4.39. The van der Waals surface area contributed by atoms with Gasteiger partial charge in [0.1, 0.15) is 5.78 Å². The Morgan fingerprint density at radius 2 is 1.74 bits per heavy atom. The zero-order chi connectivity index (χ0) is 35.7. The summed E-state index contributed by atoms with van der Waals surface area (Å²) in [6.07, 6.45) is 8.93. The number of aromatic amines is 1. The second kappa shape index (κ2) is 17.3. The van der Waals surface area contributed by atoms with Gasteiger partial charge in [0.2, 0.25) is 11.6 Å². The van der Waals surface area contributed by atoms with Gasteiger partial charge in [-0.2, -0.15) is 0 Å². The third-order valence-electron chi connectivity index (χ3n) is 10.3. The second-order valence-electron chi connectivity index (χ2n) is 14.4. The zero-order valence-electron chi connectivity index (χ0n) is 29.3. The standard InChI is InChI=1S/C39H52N4O7/c1-25(2)50-38(47)39(40,48)33(19-26-9-4-3-5-10-26)36(45)34(22-31-23-41-24-42-31)43-37(46)30(21-35(44)28-15-17-49-18-16-28)20-29-13-8-12-27-11-6-7-14-32(27)29/h6-8,11-14,23-26,28,30,33-34,48H,3-5,9-10,15-22,40H2,1-2H3,(H,41,42)(H,43,46)/t30?,33-,34+,39?/m1/s1. The van der Waals surface area contributed by atoms with Gasteiger partial charge in [0.05, 0.1) is 30.1 Å². The van der Waals surface area contributed by atoms with Gasteiger partial charge in [-0.25, -0.2) is 9.78 Å². The van der Waals surface area contributed by atoms with Crippen LogP contribution in [0, 0.1) is 23.7 Å². The number of nitrogens with zero attached hydrogens (tertiary/aromatic N) is 1. The lowest BCUT2D eigenvalue weighted by Crippen LogP contribution is -2.61. The van der Waals surface area contributed by atoms with E-state index in [4.69, 9.17) is 15.2 Å². The molecule has 50 heavy (non-hydrogen) atoms. The van der Waals surface area contributed by atoms with Crippen LogP contribution >= 0.6 is 0 Å². The number of esters is 1. The summed E-state index contributed by atoms with van der Waals surface area (Å²) in [4.78, 5) is 63.1. The van der Waals surface area contributed by atoms with Gasteiger partial charge in [-0.05, 0) is 61.8 Å². The van der Waals surface area contributed by atoms with Gasteiger partial charge in [-0.15, -0.1) is 0 Å². The Hall–Kier alpha value is -3.93. The summed E-state index contributed by atoms with van der Waals surface area (Å²) >= 11 is 0. The molecule has 2 aromatic carbocycles. The van der Waals surface area contributed by atoms with E-state index in [1.165, 1.54) is 6.33 Å². The first kappa shape index (κ1) is 37.3. The van der Waals surface area contributed by atoms with Crippen molar-refractivity contribution in [2.45, 2.75) is 102 Å². The number of fused-ring (bicyclic) bond motifs is 1. The largest absolute Gasteiger partial charge is 0.460 e. The summed E-state index contributed by atoms with van der Waals surface area (Å²) < 4.78 is 10.8. The molecule has 1 amide bonds. The molecule has 1 saturated heterocycles. The lowest BCUT2D eigenvalue weighted by Gasteiger charge is -2.36. The predicted molar refractivity (Wildman–Crippen MR) is 189 cm³/mol. The van der Waals surface area contributed by atoms with E-state index in [1.54, 1.807) is 20.0 Å². The first-order valence-corrected chi connectivity index (χ1v) is 18.1. The summed E-state index contributed by atoms with van der Waals surface area (Å²) in [5.41, 5.74) is 5.16. The molecule has 4 atom stereocenters. The van der Waals surface area contributed by atoms with Gasteiger partial charge in [0.15, 0.2) is 5.78 Å². The van der Waals surface area contributed by atoms with Crippen LogP contribution in [0.15, 0.2) is 55.0 Å². The highest BCUT2D eigenvalue weighted by molar-refractivity contribution is 5.97. The van der Waals surface area contributed by atoms with Crippen molar-refractivity contribution in [1.29, 1.82) is 0 Å². The molecule has 270 valence electrons. The molecule has 2 unspecified atom stereocenters. The Kier molecular flexibility index (Phi) is 12.9. The number of carbonyl (C=O) groups excluding carboxylic acids is 4. The molecule has 1 saturated carbocycles. The molecule has 2 aliphatic rings. The molecule has 5 rings (SSSR count). The van der Waals surface area contributed by atoms with Crippen molar-refractivity contribution < 1.29 is 33.8 Å². The average molecular weight is 689 g/mol. The van der Waals surface area contributed by atoms with Crippen molar-refractivity contribution in [3.05, 3.63) is 66.2 Å². The van der Waals surface area contributed by atoms with Gasteiger partial charge in [-0.3, -0.25) is 20.1 Å². The average Bonchev–Trinajstić information content (AvgIpc) is 3.63. The second-order valence-corrected chi connectivity index (χ2v) is 14.4. The molecule has 1 aromatic heterocycles. The molecular weight excluding hydrogens is 636 g/mol. The van der Waals surface area contributed by atoms with Crippen molar-refractivity contribution >= 4 is 34.2 Å². The van der Waals surface area contributed by atoms with Gasteiger partial charge in [0.25, 0.3) is 0 Å². The van der Waals surface area contributed by atoms with E-state index < -0.39 is 47.4 Å². The van der Waals surface area contributed by atoms with Gasteiger partial charge >= 0.3 is 5.97 Å². The van der Waals surface area contributed by atoms with Crippen LogP contribution in [-0.4, -0.2) is 69.6 Å². The molecule has 0 bridgehead atoms. The first-order valence-electron chi connectivity index (χ1n) is 18.1. The number of Topliss-reactive ketones (excluding diaryl/α,β-unsaturated/α-hetero) is 2. The molecule has 1 aliphatic heterocycles. The van der Waals surface area contributed by atoms with Crippen molar-refractivity contribution in [1.82, 2.24) is 15.3 Å². The summed E-state index contributed by atoms with van der Waals surface area (Å²) in [6, 6.07) is 12.6. The van der Waals surface area contributed by atoms with Gasteiger partial charge < -0.3 is 24.9 Å². The number of carbonyl (C=O) groups is 4. The number of benzene rings is 2. The van der Waals surface area contributed by atoms with Crippen LogP contribution in [0.2, 0.25) is 0 Å². The number of ketones is 2. The Bertz CT molecular complexity index is 1590. The molecule has 3 aromatic rings. The van der Waals surface area contributed by atoms with Crippen LogP contribution in [0.4, 0.5) is 0 Å². The summed E-state index contributed by atoms with van der Waals surface area (Å²) in [6.45, 7) is 4.29. The van der Waals surface area contributed by atoms with Crippen LogP contribution in [0.25, 0.3) is 10.8 Å². The number of rotatable bonds is 16. The number of imidazole rings is 1. The molecule has 1 aliphatic carbocycles. The number of nitrogens with two attached hydrogens (primary N) is 1. The van der Waals surface area contributed by atoms with Crippen LogP contribution in [0.5, 0.6) is 0 Å². The molecule has 5 N–H and O–H groups in total. The molecule has 0 radical (unpaired) electrons. The number of ether oxygens (including phenoxy) is 2. The Labute approximate surface area is 294 Å². The van der Waals surface area contributed by atoms with Crippen molar-refractivity contribution in [2.75, 3.05) is 13.2 Å². The minimum atomic E-state index is -2.62. The van der Waals surface area contributed by atoms with Gasteiger partial charge in [-0.1, -0.05) is 74.6 Å². The number of H-pyrrole nitrogens is 1. The van der Waals surface area contributed by atoms with E-state index in [9.17, 15) is 24.3 Å². The fraction of sp³-hybridized carbons (Fsp3) is 0.564. The van der Waals surface area contributed by atoms with Crippen molar-refractivity contribution in [2.24, 2.45) is 29.4 Å². The minimum Gasteiger partial charge on any atom is -0.460 e. The molecular formula is C39H52N4O7. The SMILES string of the molecule is CC(C)OC(=O)C(N)(O)[C@H](CC1CCCCC1)C(=O)[C@H](Cc1c[nH]cn1)NC(=O)C(CC(=O)C1CCOCC1)Cc1cccc2ccccc12. The fourth-order valence-corrected chi connectivity index (χ4v) is 7.51. The van der Waals surface area contributed by atoms with Gasteiger partial charge in [0, 0.05) is 44.1 Å². The Morgan fingerprint density at radius 1 is 1.02 bits per heavy atom. The van der Waals surface area contributed by atoms with Crippen LogP contribution < -0.4 is 11.1 Å². The zero-order valence-corrected chi connectivity index (χ0v) is 29.3. The van der Waals surface area contributed by atoms with E-state index in [0.29, 0.717) is 31.7 Å². The first-order chi connectivity index (χ1) is 24.0. The molecule has 0 spiro atoms. The number of aliphatic hydroxyl groups is 1. The van der Waals surface area contributed by atoms with E-state index in [1.807, 2.05) is 42.5 Å². The molecule has 11 nitrogen and oxygen atoms in total. The number of hydrogen-bond donors (Lipinski definition) is 4. The maximum absolute atomic E-state index is 14.7. The Balaban J connectivity index is 1.46. The van der Waals surface area contributed by atoms with E-state index >= 15 is 0 Å². The Morgan fingerprint density at radius 3 is 2.44 bits per heavy atom. The quantitative estimate of drug-likeness (QED) is 0.124. The fourth-order valence-electron chi connectivity index (χ4n) is 7.51. The number of nitrogens with one attached hydrogen (secondary N) is 2. The number of aromatic nitrogens is 2. The minimum absolute atomic E-state index is 0.000550. The molecule has 2 heterocycles. The highest BCUT2D eigenvalue weighted by atomic mass is 16.6. The smallest absolute Gasteiger partial charge is 0.354 e. The van der Waals surface area contributed by atoms with E-state index in [-0.39, 0.29) is 43.3 Å². The maximum atomic E-state index is 14.7. The highest BCUT2D eigenvalue weighted by Gasteiger charge is 2.49. The van der Waals surface area contributed by atoms with Crippen LogP contribution in [-0.2, 0) is 41.5 Å². The summed E-state index contributed by atoms with van der Waals surface area (Å²) in [5, 5.41) is 16.5. The summed E-state index contributed by atoms with van der Waals surface area (Å²) in [7, 11) is 0. The van der Waals surface area contributed by atoms with Crippen LogP contribution in [0.1, 0.15) is 82.9 Å². The molecule has 2 fully saturated rings. The predicted octanol–water partition coefficient (Wildman–Crippen LogP) is 4.59. The normalized spacial score (nSPS) is 19.0. The topological polar surface area (TPSA) is 174 Å². The third kappa shape index (κ3) is 9.64. The lowest BCUT2D eigenvalue weighted by atomic mass is 9.76. The van der Waals surface area contributed by atoms with Crippen molar-refractivity contribution in [3.8, 4) is 0 Å². The van der Waals surface area contributed by atoms with E-state index in [2.05, 4.69) is 15.3 Å². The van der Waals surface area contributed by atoms with E-state index in [0.717, 1.165) is 48.4 Å². The number of amides is 1. The van der Waals surface area contributed by atoms with Crippen LogP contribution in [0.3, 0.4) is 0 Å². The van der Waals surface area contributed by atoms with Crippen molar-refractivity contribution in [3.63, 3.8) is 0 Å². The monoisotopic (exact) mass is 688 g/mol. The lowest BCUT2D eigenvalue weighted by molar-refractivity contribution is -0.179. The third-order valence-corrected chi connectivity index (χ3v) is 10.3. The maximum Gasteiger partial charge on any atom is 0.354 e. The molecule has 11 heteroatoms. The highest BCUT2D eigenvalue weighted by Crippen LogP contribution is 2.34. The number of hydrogen-bond acceptors (Lipinski definition) is 9.